The standard InChI is InChI=1S/C29H24F3N7O/c1-18-5-6-20(10-26(18)35-15-27-34-9-7-25(38-27)21-4-3-8-33-14-21)28(40)37-23-11-22(29(30,31)32)12-24(13-23)39-16-19(2)36-17-39/h3-14,16-17,35H,15H2,1-2H3,(H,37,40). The van der Waals surface area contributed by atoms with Crippen LogP contribution >= 0.6 is 0 Å². The molecule has 3 heterocycles. The number of aryl methyl sites for hydroxylation is 2. The van der Waals surface area contributed by atoms with Crippen molar-refractivity contribution in [1.29, 1.82) is 0 Å². The van der Waals surface area contributed by atoms with E-state index in [0.717, 1.165) is 29.0 Å². The fourth-order valence-electron chi connectivity index (χ4n) is 4.05. The van der Waals surface area contributed by atoms with Gasteiger partial charge in [-0.1, -0.05) is 6.07 Å². The normalized spacial score (nSPS) is 11.3. The maximum Gasteiger partial charge on any atom is 0.416 e. The van der Waals surface area contributed by atoms with E-state index in [4.69, 9.17) is 0 Å². The van der Waals surface area contributed by atoms with Crippen LogP contribution in [-0.2, 0) is 12.7 Å². The smallest absolute Gasteiger partial charge is 0.378 e. The monoisotopic (exact) mass is 543 g/mol. The summed E-state index contributed by atoms with van der Waals surface area (Å²) in [5.74, 6) is -0.00759. The molecule has 40 heavy (non-hydrogen) atoms. The lowest BCUT2D eigenvalue weighted by Crippen LogP contribution is -2.15. The highest BCUT2D eigenvalue weighted by molar-refractivity contribution is 6.05. The van der Waals surface area contributed by atoms with Crippen LogP contribution in [0.2, 0.25) is 0 Å². The SMILES string of the molecule is Cc1cn(-c2cc(NC(=O)c3ccc(C)c(NCc4nccc(-c5cccnc5)n4)c3)cc(C(F)(F)F)c2)cn1. The summed E-state index contributed by atoms with van der Waals surface area (Å²) < 4.78 is 42.3. The van der Waals surface area contributed by atoms with Crippen LogP contribution in [0.1, 0.15) is 33.0 Å². The quantitative estimate of drug-likeness (QED) is 0.253. The number of hydrogen-bond acceptors (Lipinski definition) is 6. The molecule has 2 aromatic carbocycles. The highest BCUT2D eigenvalue weighted by atomic mass is 19.4. The molecule has 0 aliphatic heterocycles. The Kier molecular flexibility index (Phi) is 7.28. The van der Waals surface area contributed by atoms with Gasteiger partial charge in [0.15, 0.2) is 0 Å². The number of hydrogen-bond donors (Lipinski definition) is 2. The van der Waals surface area contributed by atoms with Crippen LogP contribution in [-0.4, -0.2) is 30.4 Å². The lowest BCUT2D eigenvalue weighted by molar-refractivity contribution is -0.137. The molecule has 0 saturated carbocycles. The highest BCUT2D eigenvalue weighted by Gasteiger charge is 2.31. The third-order valence-electron chi connectivity index (χ3n) is 6.11. The van der Waals surface area contributed by atoms with Gasteiger partial charge in [-0.25, -0.2) is 15.0 Å². The molecule has 5 rings (SSSR count). The Bertz CT molecular complexity index is 1670. The van der Waals surface area contributed by atoms with Gasteiger partial charge in [0, 0.05) is 53.0 Å². The average Bonchev–Trinajstić information content (AvgIpc) is 3.39. The first-order valence-corrected chi connectivity index (χ1v) is 12.3. The molecule has 1 amide bonds. The molecular formula is C29H24F3N7O. The van der Waals surface area contributed by atoms with Gasteiger partial charge in [0.25, 0.3) is 5.91 Å². The lowest BCUT2D eigenvalue weighted by atomic mass is 10.1. The number of carbonyl (C=O) groups is 1. The molecule has 0 radical (unpaired) electrons. The molecule has 3 aromatic heterocycles. The van der Waals surface area contributed by atoms with Gasteiger partial charge in [-0.3, -0.25) is 9.78 Å². The largest absolute Gasteiger partial charge is 0.416 e. The number of imidazole rings is 1. The molecule has 0 spiro atoms. The first-order chi connectivity index (χ1) is 19.2. The van der Waals surface area contributed by atoms with Crippen molar-refractivity contribution in [1.82, 2.24) is 24.5 Å². The maximum atomic E-state index is 13.6. The minimum absolute atomic E-state index is 0.0110. The van der Waals surface area contributed by atoms with Crippen LogP contribution in [0.4, 0.5) is 24.5 Å². The Morgan fingerprint density at radius 2 is 1.85 bits per heavy atom. The number of carbonyl (C=O) groups excluding carboxylic acids is 1. The van der Waals surface area contributed by atoms with Crippen molar-refractivity contribution in [2.75, 3.05) is 10.6 Å². The topological polar surface area (TPSA) is 97.6 Å². The summed E-state index contributed by atoms with van der Waals surface area (Å²) in [5.41, 5.74) is 3.41. The molecule has 8 nitrogen and oxygen atoms in total. The van der Waals surface area contributed by atoms with Gasteiger partial charge in [0.1, 0.15) is 5.82 Å². The van der Waals surface area contributed by atoms with E-state index in [9.17, 15) is 18.0 Å². The van der Waals surface area contributed by atoms with E-state index in [2.05, 4.69) is 30.6 Å². The zero-order chi connectivity index (χ0) is 28.3. The number of benzene rings is 2. The zero-order valence-electron chi connectivity index (χ0n) is 21.6. The van der Waals surface area contributed by atoms with Crippen molar-refractivity contribution < 1.29 is 18.0 Å². The highest BCUT2D eigenvalue weighted by Crippen LogP contribution is 2.33. The first kappa shape index (κ1) is 26.5. The molecule has 2 N–H and O–H groups in total. The molecule has 0 aliphatic rings. The number of anilines is 2. The molecular weight excluding hydrogens is 519 g/mol. The number of alkyl halides is 3. The summed E-state index contributed by atoms with van der Waals surface area (Å²) in [5, 5.41) is 5.85. The molecule has 0 unspecified atom stereocenters. The van der Waals surface area contributed by atoms with Crippen LogP contribution in [0.25, 0.3) is 16.9 Å². The molecule has 0 saturated heterocycles. The minimum atomic E-state index is -4.59. The van der Waals surface area contributed by atoms with Gasteiger partial charge in [-0.05, 0) is 67.9 Å². The number of nitrogens with zero attached hydrogens (tertiary/aromatic N) is 5. The Hall–Kier alpha value is -5.06. The number of nitrogens with one attached hydrogen (secondary N) is 2. The predicted molar refractivity (Wildman–Crippen MR) is 145 cm³/mol. The molecule has 0 aliphatic carbocycles. The van der Waals surface area contributed by atoms with Gasteiger partial charge in [-0.2, -0.15) is 13.2 Å². The van der Waals surface area contributed by atoms with Gasteiger partial charge < -0.3 is 15.2 Å². The van der Waals surface area contributed by atoms with Crippen LogP contribution < -0.4 is 10.6 Å². The average molecular weight is 544 g/mol. The fraction of sp³-hybridized carbons (Fsp3) is 0.138. The predicted octanol–water partition coefficient (Wildman–Crippen LogP) is 6.22. The number of amides is 1. The molecule has 202 valence electrons. The van der Waals surface area contributed by atoms with Gasteiger partial charge in [0.05, 0.1) is 29.8 Å². The zero-order valence-corrected chi connectivity index (χ0v) is 21.6. The van der Waals surface area contributed by atoms with E-state index in [-0.39, 0.29) is 16.9 Å². The Morgan fingerprint density at radius 1 is 1.00 bits per heavy atom. The van der Waals surface area contributed by atoms with Crippen LogP contribution in [0.3, 0.4) is 0 Å². The molecule has 0 fully saturated rings. The van der Waals surface area contributed by atoms with Gasteiger partial charge in [-0.15, -0.1) is 0 Å². The van der Waals surface area contributed by atoms with E-state index in [1.165, 1.54) is 17.0 Å². The van der Waals surface area contributed by atoms with E-state index in [1.54, 1.807) is 56.0 Å². The summed E-state index contributed by atoms with van der Waals surface area (Å²) in [6.45, 7) is 3.91. The molecule has 0 bridgehead atoms. The van der Waals surface area contributed by atoms with Crippen molar-refractivity contribution in [3.63, 3.8) is 0 Å². The summed E-state index contributed by atoms with van der Waals surface area (Å²) in [4.78, 5) is 30.2. The third-order valence-corrected chi connectivity index (χ3v) is 6.11. The second kappa shape index (κ2) is 11.0. The van der Waals surface area contributed by atoms with Crippen LogP contribution in [0, 0.1) is 13.8 Å². The van der Waals surface area contributed by atoms with Crippen molar-refractivity contribution >= 4 is 17.3 Å². The molecule has 11 heteroatoms. The van der Waals surface area contributed by atoms with E-state index >= 15 is 0 Å². The van der Waals surface area contributed by atoms with Gasteiger partial charge in [0.2, 0.25) is 0 Å². The van der Waals surface area contributed by atoms with E-state index in [1.807, 2.05) is 19.1 Å². The first-order valence-electron chi connectivity index (χ1n) is 12.3. The van der Waals surface area contributed by atoms with Crippen LogP contribution in [0.15, 0.2) is 85.7 Å². The van der Waals surface area contributed by atoms with Crippen molar-refractivity contribution in [3.05, 3.63) is 114 Å². The number of rotatable bonds is 7. The molecule has 5 aromatic rings. The summed E-state index contributed by atoms with van der Waals surface area (Å²) >= 11 is 0. The lowest BCUT2D eigenvalue weighted by Gasteiger charge is -2.15. The Balaban J connectivity index is 1.35. The van der Waals surface area contributed by atoms with Crippen molar-refractivity contribution in [3.8, 4) is 16.9 Å². The van der Waals surface area contributed by atoms with Crippen molar-refractivity contribution in [2.45, 2.75) is 26.6 Å². The summed E-state index contributed by atoms with van der Waals surface area (Å²) in [6.07, 6.45) is 3.50. The second-order valence-electron chi connectivity index (χ2n) is 9.13. The number of halogens is 3. The minimum Gasteiger partial charge on any atom is -0.378 e. The molecule has 0 atom stereocenters. The fourth-order valence-corrected chi connectivity index (χ4v) is 4.05. The Morgan fingerprint density at radius 3 is 2.58 bits per heavy atom. The summed E-state index contributed by atoms with van der Waals surface area (Å²) in [7, 11) is 0. The van der Waals surface area contributed by atoms with E-state index in [0.29, 0.717) is 23.8 Å². The Labute approximate surface area is 228 Å². The van der Waals surface area contributed by atoms with Gasteiger partial charge >= 0.3 is 6.18 Å². The third kappa shape index (κ3) is 6.15. The maximum absolute atomic E-state index is 13.6. The van der Waals surface area contributed by atoms with Crippen molar-refractivity contribution in [2.24, 2.45) is 0 Å². The van der Waals surface area contributed by atoms with Crippen LogP contribution in [0.5, 0.6) is 0 Å². The number of aromatic nitrogens is 5. The summed E-state index contributed by atoms with van der Waals surface area (Å²) in [6, 6.07) is 13.9. The van der Waals surface area contributed by atoms with E-state index < -0.39 is 17.6 Å². The second-order valence-corrected chi connectivity index (χ2v) is 9.13. The number of pyridine rings is 1.